The van der Waals surface area contributed by atoms with Gasteiger partial charge in [0.2, 0.25) is 0 Å². The first-order valence-electron chi connectivity index (χ1n) is 7.48. The molecule has 0 aliphatic carbocycles. The summed E-state index contributed by atoms with van der Waals surface area (Å²) in [6.07, 6.45) is 10.6. The predicted octanol–water partition coefficient (Wildman–Crippen LogP) is 0.245. The first-order chi connectivity index (χ1) is 8.72. The van der Waals surface area contributed by atoms with Crippen LogP contribution in [0.5, 0.6) is 0 Å². The molecule has 1 aliphatic rings. The number of nitrogens with one attached hydrogen (secondary N) is 2. The van der Waals surface area contributed by atoms with Gasteiger partial charge in [-0.1, -0.05) is 25.7 Å². The molecule has 5 N–H and O–H groups in total. The lowest BCUT2D eigenvalue weighted by atomic mass is 10.0. The Morgan fingerprint density at radius 2 is 1.94 bits per heavy atom. The second kappa shape index (κ2) is 9.20. The fraction of sp³-hybridized carbons (Fsp3) is 0.929. The van der Waals surface area contributed by atoms with Gasteiger partial charge in [-0.2, -0.15) is 0 Å². The highest BCUT2D eigenvalue weighted by Gasteiger charge is 2.14. The second-order valence-corrected chi connectivity index (χ2v) is 5.51. The number of nitrogens with two attached hydrogens (primary N) is 1. The number of hydrogen-bond donors (Lipinski definition) is 4. The van der Waals surface area contributed by atoms with E-state index in [-0.39, 0.29) is 0 Å². The first kappa shape index (κ1) is 15.3. The molecule has 106 valence electrons. The Labute approximate surface area is 111 Å². The van der Waals surface area contributed by atoms with Crippen LogP contribution in [0.25, 0.3) is 0 Å². The zero-order valence-electron chi connectivity index (χ0n) is 11.8. The summed E-state index contributed by atoms with van der Waals surface area (Å²) in [5.41, 5.74) is 6.01. The minimum absolute atomic E-state index is 0.293. The number of rotatable bonds is 4. The third-order valence-electron chi connectivity index (χ3n) is 3.66. The van der Waals surface area contributed by atoms with Crippen molar-refractivity contribution in [2.24, 2.45) is 5.73 Å². The number of hydrogen-bond acceptors (Lipinski definition) is 3. The number of aliphatic hydroxyl groups excluding tert-OH is 1. The Morgan fingerprint density at radius 1 is 1.22 bits per heavy atom. The first-order valence-corrected chi connectivity index (χ1v) is 7.48. The average Bonchev–Trinajstić information content (AvgIpc) is 2.35. The topological polar surface area (TPSA) is 72.2 Å². The molecule has 0 aromatic rings. The molecule has 0 saturated heterocycles. The van der Waals surface area contributed by atoms with Crippen molar-refractivity contribution >= 4 is 5.96 Å². The molecule has 0 radical (unpaired) electrons. The van der Waals surface area contributed by atoms with Crippen LogP contribution in [0.1, 0.15) is 64.7 Å². The Balaban J connectivity index is 2.49. The van der Waals surface area contributed by atoms with Gasteiger partial charge in [0.25, 0.3) is 0 Å². The lowest BCUT2D eigenvalue weighted by Crippen LogP contribution is -2.84. The van der Waals surface area contributed by atoms with Crippen molar-refractivity contribution in [2.75, 3.05) is 6.61 Å². The van der Waals surface area contributed by atoms with Crippen molar-refractivity contribution in [2.45, 2.75) is 76.8 Å². The second-order valence-electron chi connectivity index (χ2n) is 5.51. The fourth-order valence-corrected chi connectivity index (χ4v) is 2.59. The minimum atomic E-state index is 0.293. The highest BCUT2D eigenvalue weighted by molar-refractivity contribution is 5.71. The standard InChI is InChI=1S/C14H29N3O/c1-12-8-4-2-3-5-9-13(10-6-7-11-18)17-14(15)16-12/h12-13,18H,2-11H2,1H3,(H3,15,16,17)/p+1/t12-,13-/m1/s1. The largest absolute Gasteiger partial charge is 0.396 e. The highest BCUT2D eigenvalue weighted by atomic mass is 16.2. The van der Waals surface area contributed by atoms with E-state index >= 15 is 0 Å². The summed E-state index contributed by atoms with van der Waals surface area (Å²) in [7, 11) is 0. The van der Waals surface area contributed by atoms with E-state index in [4.69, 9.17) is 10.8 Å². The lowest BCUT2D eigenvalue weighted by molar-refractivity contribution is -0.508. The summed E-state index contributed by atoms with van der Waals surface area (Å²) in [6.45, 7) is 2.48. The van der Waals surface area contributed by atoms with Crippen LogP contribution < -0.4 is 16.0 Å². The molecule has 4 nitrogen and oxygen atoms in total. The number of guanidine groups is 1. The van der Waals surface area contributed by atoms with Gasteiger partial charge >= 0.3 is 5.96 Å². The van der Waals surface area contributed by atoms with Gasteiger partial charge in [0.1, 0.15) is 0 Å². The molecule has 2 atom stereocenters. The summed E-state index contributed by atoms with van der Waals surface area (Å²) in [6, 6.07) is 0.906. The van der Waals surface area contributed by atoms with E-state index in [0.717, 1.165) is 25.2 Å². The van der Waals surface area contributed by atoms with Gasteiger partial charge in [0, 0.05) is 6.61 Å². The molecule has 0 aromatic heterocycles. The Morgan fingerprint density at radius 3 is 2.67 bits per heavy atom. The monoisotopic (exact) mass is 256 g/mol. The fourth-order valence-electron chi connectivity index (χ4n) is 2.59. The van der Waals surface area contributed by atoms with Gasteiger partial charge in [-0.3, -0.25) is 16.0 Å². The summed E-state index contributed by atoms with van der Waals surface area (Å²) in [5.74, 6) is 0.721. The van der Waals surface area contributed by atoms with Crippen molar-refractivity contribution in [1.82, 2.24) is 5.32 Å². The summed E-state index contributed by atoms with van der Waals surface area (Å²) >= 11 is 0. The van der Waals surface area contributed by atoms with Crippen molar-refractivity contribution in [1.29, 1.82) is 0 Å². The summed E-state index contributed by atoms with van der Waals surface area (Å²) in [4.78, 5) is 3.41. The van der Waals surface area contributed by atoms with Crippen molar-refractivity contribution in [3.63, 3.8) is 0 Å². The molecule has 0 bridgehead atoms. The predicted molar refractivity (Wildman–Crippen MR) is 75.2 cm³/mol. The van der Waals surface area contributed by atoms with Crippen molar-refractivity contribution in [3.8, 4) is 0 Å². The molecule has 0 aromatic carbocycles. The van der Waals surface area contributed by atoms with E-state index in [2.05, 4.69) is 17.2 Å². The van der Waals surface area contributed by atoms with E-state index in [1.54, 1.807) is 0 Å². The molecule has 0 fully saturated rings. The smallest absolute Gasteiger partial charge is 0.341 e. The van der Waals surface area contributed by atoms with Crippen molar-refractivity contribution < 1.29 is 10.1 Å². The maximum Gasteiger partial charge on any atom is 0.341 e. The molecule has 4 heteroatoms. The normalized spacial score (nSPS) is 26.9. The Bertz CT molecular complexity index is 243. The maximum atomic E-state index is 8.84. The Hall–Kier alpha value is -0.770. The van der Waals surface area contributed by atoms with Gasteiger partial charge in [-0.15, -0.1) is 0 Å². The van der Waals surface area contributed by atoms with Gasteiger partial charge in [-0.25, -0.2) is 0 Å². The third kappa shape index (κ3) is 6.84. The van der Waals surface area contributed by atoms with Crippen LogP contribution in [0.2, 0.25) is 0 Å². The SMILES string of the molecule is C[C@@H]1CCCCCC[C@H](CCCCO)[NH+]=C(N)N1. The van der Waals surface area contributed by atoms with Crippen molar-refractivity contribution in [3.05, 3.63) is 0 Å². The molecular formula is C14H30N3O+. The van der Waals surface area contributed by atoms with Crippen LogP contribution in [0, 0.1) is 0 Å². The van der Waals surface area contributed by atoms with Crippen LogP contribution in [0.3, 0.4) is 0 Å². The number of aliphatic hydroxyl groups is 1. The molecule has 0 saturated carbocycles. The molecule has 0 unspecified atom stereocenters. The van der Waals surface area contributed by atoms with Crippen LogP contribution >= 0.6 is 0 Å². The molecule has 0 spiro atoms. The zero-order chi connectivity index (χ0) is 13.2. The van der Waals surface area contributed by atoms with Crippen LogP contribution in [0.15, 0.2) is 0 Å². The van der Waals surface area contributed by atoms with Crippen LogP contribution in [-0.2, 0) is 0 Å². The summed E-state index contributed by atoms with van der Waals surface area (Å²) < 4.78 is 0. The van der Waals surface area contributed by atoms with Gasteiger partial charge in [0.15, 0.2) is 0 Å². The molecule has 1 heterocycles. The van der Waals surface area contributed by atoms with Crippen LogP contribution in [-0.4, -0.2) is 29.8 Å². The van der Waals surface area contributed by atoms with E-state index < -0.39 is 0 Å². The maximum absolute atomic E-state index is 8.84. The molecular weight excluding hydrogens is 226 g/mol. The number of unbranched alkanes of at least 4 members (excludes halogenated alkanes) is 1. The van der Waals surface area contributed by atoms with Gasteiger partial charge in [0.05, 0.1) is 12.1 Å². The van der Waals surface area contributed by atoms with Gasteiger partial charge < -0.3 is 5.11 Å². The van der Waals surface area contributed by atoms with Gasteiger partial charge in [-0.05, 0) is 39.0 Å². The minimum Gasteiger partial charge on any atom is -0.396 e. The van der Waals surface area contributed by atoms with E-state index in [9.17, 15) is 0 Å². The molecule has 1 aliphatic heterocycles. The quantitative estimate of drug-likeness (QED) is 0.545. The van der Waals surface area contributed by atoms with E-state index in [1.807, 2.05) is 0 Å². The Kier molecular flexibility index (Phi) is 7.81. The van der Waals surface area contributed by atoms with Crippen LogP contribution in [0.4, 0.5) is 0 Å². The molecule has 1 rings (SSSR count). The summed E-state index contributed by atoms with van der Waals surface area (Å²) in [5, 5.41) is 12.2. The van der Waals surface area contributed by atoms with E-state index in [0.29, 0.717) is 18.7 Å². The third-order valence-corrected chi connectivity index (χ3v) is 3.66. The zero-order valence-corrected chi connectivity index (χ0v) is 11.8. The molecule has 18 heavy (non-hydrogen) atoms. The molecule has 0 amide bonds. The lowest BCUT2D eigenvalue weighted by Gasteiger charge is -2.12. The highest BCUT2D eigenvalue weighted by Crippen LogP contribution is 2.10. The van der Waals surface area contributed by atoms with E-state index in [1.165, 1.54) is 38.5 Å². The average molecular weight is 256 g/mol.